The SMILES string of the molecule is CN(c1nc(-c2ccccc2)c(-c2ccccc2)o1)C1CCc2c(cccc2C(C)(C)C)C1O[Si](c1ccccc1)c1ccccc1. The van der Waals surface area contributed by atoms with Gasteiger partial charge in [0.05, 0.1) is 12.1 Å². The van der Waals surface area contributed by atoms with Crippen molar-refractivity contribution in [3.63, 3.8) is 0 Å². The second-order valence-electron chi connectivity index (χ2n) is 13.3. The van der Waals surface area contributed by atoms with Crippen LogP contribution in [0.3, 0.4) is 0 Å². The highest BCUT2D eigenvalue weighted by Crippen LogP contribution is 2.43. The fourth-order valence-electron chi connectivity index (χ4n) is 6.83. The van der Waals surface area contributed by atoms with E-state index in [0.717, 1.165) is 35.4 Å². The molecule has 1 aromatic heterocycles. The van der Waals surface area contributed by atoms with Gasteiger partial charge in [-0.3, -0.25) is 0 Å². The largest absolute Gasteiger partial charge is 0.423 e. The Kier molecular flexibility index (Phi) is 8.67. The fourth-order valence-corrected chi connectivity index (χ4v) is 8.96. The summed E-state index contributed by atoms with van der Waals surface area (Å²) in [5.41, 5.74) is 7.00. The lowest BCUT2D eigenvalue weighted by atomic mass is 9.76. The van der Waals surface area contributed by atoms with Crippen molar-refractivity contribution in [1.82, 2.24) is 4.98 Å². The fraction of sp³-hybridized carbons (Fsp3) is 0.214. The van der Waals surface area contributed by atoms with Crippen LogP contribution >= 0.6 is 0 Å². The van der Waals surface area contributed by atoms with E-state index in [4.69, 9.17) is 13.8 Å². The molecule has 0 amide bonds. The summed E-state index contributed by atoms with van der Waals surface area (Å²) < 4.78 is 14.2. The van der Waals surface area contributed by atoms with E-state index in [1.54, 1.807) is 0 Å². The molecule has 1 radical (unpaired) electrons. The van der Waals surface area contributed by atoms with E-state index in [9.17, 15) is 0 Å². The van der Waals surface area contributed by atoms with E-state index in [-0.39, 0.29) is 17.6 Å². The van der Waals surface area contributed by atoms with Gasteiger partial charge in [0, 0.05) is 18.2 Å². The molecule has 1 aliphatic carbocycles. The summed E-state index contributed by atoms with van der Waals surface area (Å²) in [7, 11) is 0.517. The number of benzene rings is 5. The molecule has 4 nitrogen and oxygen atoms in total. The predicted molar refractivity (Wildman–Crippen MR) is 195 cm³/mol. The number of hydrogen-bond acceptors (Lipinski definition) is 4. The average molecular weight is 634 g/mol. The molecule has 47 heavy (non-hydrogen) atoms. The van der Waals surface area contributed by atoms with E-state index in [1.165, 1.54) is 27.1 Å². The van der Waals surface area contributed by atoms with Gasteiger partial charge in [-0.25, -0.2) is 0 Å². The lowest BCUT2D eigenvalue weighted by molar-refractivity contribution is 0.159. The maximum absolute atomic E-state index is 7.51. The van der Waals surface area contributed by atoms with E-state index in [0.29, 0.717) is 6.01 Å². The second kappa shape index (κ2) is 13.2. The Bertz CT molecular complexity index is 1820. The Balaban J connectivity index is 1.35. The predicted octanol–water partition coefficient (Wildman–Crippen LogP) is 8.62. The minimum absolute atomic E-state index is 0.0102. The normalized spacial score (nSPS) is 16.2. The Morgan fingerprint density at radius 2 is 1.26 bits per heavy atom. The number of anilines is 1. The molecule has 2 unspecified atom stereocenters. The smallest absolute Gasteiger partial charge is 0.298 e. The first-order valence-electron chi connectivity index (χ1n) is 16.5. The van der Waals surface area contributed by atoms with Crippen LogP contribution in [0.25, 0.3) is 22.6 Å². The molecule has 1 aliphatic rings. The quantitative estimate of drug-likeness (QED) is 0.157. The van der Waals surface area contributed by atoms with Crippen molar-refractivity contribution in [3.05, 3.63) is 156 Å². The van der Waals surface area contributed by atoms with Crippen molar-refractivity contribution >= 4 is 25.4 Å². The molecule has 2 atom stereocenters. The van der Waals surface area contributed by atoms with E-state index in [1.807, 2.05) is 36.4 Å². The molecule has 1 heterocycles. The van der Waals surface area contributed by atoms with Crippen LogP contribution in [0.2, 0.25) is 0 Å². The standard InChI is InChI=1S/C42H41N2O2Si/c1-42(2,3)36-27-17-26-35-34(36)28-29-37(40(35)46-47(32-22-13-7-14-23-32)33-24-15-8-16-25-33)44(4)41-43-38(30-18-9-5-10-19-30)39(45-41)31-20-11-6-12-21-31/h5-27,37,40H,28-29H2,1-4H3. The van der Waals surface area contributed by atoms with Gasteiger partial charge in [0.15, 0.2) is 5.76 Å². The third kappa shape index (κ3) is 6.34. The van der Waals surface area contributed by atoms with Crippen LogP contribution in [0.5, 0.6) is 0 Å². The van der Waals surface area contributed by atoms with Crippen molar-refractivity contribution in [3.8, 4) is 22.6 Å². The highest BCUT2D eigenvalue weighted by molar-refractivity contribution is 6.80. The van der Waals surface area contributed by atoms with Crippen LogP contribution in [0.4, 0.5) is 6.01 Å². The molecule has 0 aliphatic heterocycles. The third-order valence-corrected chi connectivity index (χ3v) is 11.4. The number of hydrogen-bond donors (Lipinski definition) is 0. The lowest BCUT2D eigenvalue weighted by Crippen LogP contribution is -2.50. The molecule has 0 spiro atoms. The van der Waals surface area contributed by atoms with Crippen molar-refractivity contribution < 1.29 is 8.84 Å². The van der Waals surface area contributed by atoms with Crippen molar-refractivity contribution in [1.29, 1.82) is 0 Å². The Morgan fingerprint density at radius 3 is 1.83 bits per heavy atom. The van der Waals surface area contributed by atoms with Gasteiger partial charge >= 0.3 is 0 Å². The van der Waals surface area contributed by atoms with E-state index < -0.39 is 9.04 Å². The molecule has 0 saturated heterocycles. The zero-order chi connectivity index (χ0) is 32.4. The van der Waals surface area contributed by atoms with Gasteiger partial charge in [-0.2, -0.15) is 4.98 Å². The first kappa shape index (κ1) is 30.9. The number of rotatable bonds is 8. The summed E-state index contributed by atoms with van der Waals surface area (Å²) in [5, 5.41) is 2.47. The number of aromatic nitrogens is 1. The van der Waals surface area contributed by atoms with Crippen molar-refractivity contribution in [2.45, 2.75) is 51.2 Å². The van der Waals surface area contributed by atoms with Gasteiger partial charge < -0.3 is 13.7 Å². The Labute approximate surface area is 280 Å². The number of fused-ring (bicyclic) bond motifs is 1. The molecule has 5 aromatic carbocycles. The summed E-state index contributed by atoms with van der Waals surface area (Å²) in [4.78, 5) is 7.41. The van der Waals surface area contributed by atoms with Gasteiger partial charge in [-0.15, -0.1) is 0 Å². The molecular formula is C42H41N2O2Si. The molecule has 0 bridgehead atoms. The van der Waals surface area contributed by atoms with Crippen LogP contribution in [0.1, 0.15) is 50.0 Å². The molecule has 6 aromatic rings. The summed E-state index contributed by atoms with van der Waals surface area (Å²) in [5.74, 6) is 0.778. The van der Waals surface area contributed by atoms with E-state index >= 15 is 0 Å². The van der Waals surface area contributed by atoms with Crippen molar-refractivity contribution in [2.75, 3.05) is 11.9 Å². The average Bonchev–Trinajstić information content (AvgIpc) is 3.57. The minimum atomic E-state index is -1.60. The van der Waals surface area contributed by atoms with Crippen LogP contribution in [-0.2, 0) is 16.3 Å². The topological polar surface area (TPSA) is 38.5 Å². The number of nitrogens with zero attached hydrogens (tertiary/aromatic N) is 2. The lowest BCUT2D eigenvalue weighted by Gasteiger charge is -2.41. The van der Waals surface area contributed by atoms with Gasteiger partial charge in [0.1, 0.15) is 5.69 Å². The first-order chi connectivity index (χ1) is 22.9. The molecule has 0 saturated carbocycles. The Hall–Kier alpha value is -4.71. The van der Waals surface area contributed by atoms with Crippen LogP contribution in [-0.4, -0.2) is 27.1 Å². The van der Waals surface area contributed by atoms with E-state index in [2.05, 4.69) is 136 Å². The van der Waals surface area contributed by atoms with Crippen LogP contribution in [0, 0.1) is 0 Å². The minimum Gasteiger partial charge on any atom is -0.423 e. The summed E-state index contributed by atoms with van der Waals surface area (Å²) in [6, 6.07) is 49.5. The highest BCUT2D eigenvalue weighted by atomic mass is 28.3. The van der Waals surface area contributed by atoms with Crippen LogP contribution in [0.15, 0.2) is 144 Å². The zero-order valence-electron chi connectivity index (χ0n) is 27.6. The molecule has 7 rings (SSSR count). The number of likely N-dealkylation sites (N-methyl/N-ethyl adjacent to an activating group) is 1. The van der Waals surface area contributed by atoms with Gasteiger partial charge in [-0.05, 0) is 45.3 Å². The third-order valence-electron chi connectivity index (χ3n) is 9.18. The highest BCUT2D eigenvalue weighted by Gasteiger charge is 2.39. The summed E-state index contributed by atoms with van der Waals surface area (Å²) in [6.07, 6.45) is 1.70. The molecular weight excluding hydrogens is 593 g/mol. The maximum atomic E-state index is 7.51. The monoisotopic (exact) mass is 633 g/mol. The maximum Gasteiger partial charge on any atom is 0.298 e. The van der Waals surface area contributed by atoms with Gasteiger partial charge in [0.2, 0.25) is 0 Å². The molecule has 235 valence electrons. The summed E-state index contributed by atoms with van der Waals surface area (Å²) in [6.45, 7) is 6.93. The second-order valence-corrected chi connectivity index (χ2v) is 15.4. The molecule has 5 heteroatoms. The summed E-state index contributed by atoms with van der Waals surface area (Å²) >= 11 is 0. The van der Waals surface area contributed by atoms with Gasteiger partial charge in [0.25, 0.3) is 15.1 Å². The van der Waals surface area contributed by atoms with Crippen molar-refractivity contribution in [2.24, 2.45) is 0 Å². The number of oxazole rings is 1. The first-order valence-corrected chi connectivity index (χ1v) is 17.9. The zero-order valence-corrected chi connectivity index (χ0v) is 28.6. The molecule has 0 fully saturated rings. The van der Waals surface area contributed by atoms with Crippen LogP contribution < -0.4 is 15.3 Å². The molecule has 0 N–H and O–H groups in total. The van der Waals surface area contributed by atoms with Gasteiger partial charge in [-0.1, -0.05) is 160 Å². The Morgan fingerprint density at radius 1 is 0.702 bits per heavy atom.